The van der Waals surface area contributed by atoms with Gasteiger partial charge in [0.15, 0.2) is 5.96 Å². The number of nitrogens with one attached hydrogen (secondary N) is 2. The summed E-state index contributed by atoms with van der Waals surface area (Å²) in [5.41, 5.74) is 1.05. The molecule has 0 amide bonds. The molecule has 0 aliphatic heterocycles. The van der Waals surface area contributed by atoms with Crippen LogP contribution in [0.5, 0.6) is 17.4 Å². The molecule has 0 aliphatic rings. The van der Waals surface area contributed by atoms with Crippen molar-refractivity contribution in [3.8, 4) is 17.4 Å². The molecule has 0 spiro atoms. The number of aryl methyl sites for hydroxylation is 1. The minimum Gasteiger partial charge on any atom is -0.494 e. The Morgan fingerprint density at radius 3 is 2.58 bits per heavy atom. The topological polar surface area (TPSA) is 80.7 Å². The first-order chi connectivity index (χ1) is 15.2. The molecule has 2 heterocycles. The summed E-state index contributed by atoms with van der Waals surface area (Å²) in [5, 5.41) is 7.80. The molecule has 0 aliphatic carbocycles. The average molecular weight is 440 g/mol. The second-order valence-electron chi connectivity index (χ2n) is 6.69. The Morgan fingerprint density at radius 1 is 1.06 bits per heavy atom. The monoisotopic (exact) mass is 439 g/mol. The molecule has 164 valence electrons. The van der Waals surface area contributed by atoms with Gasteiger partial charge in [0.05, 0.1) is 11.6 Å². The molecule has 3 aromatic rings. The fraction of sp³-hybridized carbons (Fsp3) is 0.348. The minimum absolute atomic E-state index is 0.543. The van der Waals surface area contributed by atoms with Gasteiger partial charge >= 0.3 is 0 Å². The van der Waals surface area contributed by atoms with Crippen LogP contribution in [0, 0.1) is 0 Å². The van der Waals surface area contributed by atoms with Gasteiger partial charge < -0.3 is 20.1 Å². The van der Waals surface area contributed by atoms with Crippen molar-refractivity contribution in [3.63, 3.8) is 0 Å². The second kappa shape index (κ2) is 11.9. The molecule has 1 aromatic carbocycles. The van der Waals surface area contributed by atoms with Gasteiger partial charge in [-0.1, -0.05) is 6.92 Å². The third kappa shape index (κ3) is 7.25. The van der Waals surface area contributed by atoms with Crippen molar-refractivity contribution in [2.24, 2.45) is 4.99 Å². The summed E-state index contributed by atoms with van der Waals surface area (Å²) in [5.74, 6) is 2.83. The third-order valence-corrected chi connectivity index (χ3v) is 5.62. The van der Waals surface area contributed by atoms with Crippen molar-refractivity contribution < 1.29 is 9.47 Å². The summed E-state index contributed by atoms with van der Waals surface area (Å²) < 4.78 is 11.3. The summed E-state index contributed by atoms with van der Waals surface area (Å²) in [6, 6.07) is 11.4. The zero-order chi connectivity index (χ0) is 21.9. The lowest BCUT2D eigenvalue weighted by atomic mass is 10.2. The lowest BCUT2D eigenvalue weighted by molar-refractivity contribution is 0.339. The van der Waals surface area contributed by atoms with E-state index in [1.54, 1.807) is 24.6 Å². The Morgan fingerprint density at radius 2 is 1.87 bits per heavy atom. The highest BCUT2D eigenvalue weighted by Gasteiger charge is 2.05. The Labute approximate surface area is 187 Å². The van der Waals surface area contributed by atoms with E-state index >= 15 is 0 Å². The fourth-order valence-corrected chi connectivity index (χ4v) is 3.69. The normalized spacial score (nSPS) is 11.3. The maximum absolute atomic E-state index is 5.86. The van der Waals surface area contributed by atoms with Crippen LogP contribution >= 0.6 is 11.3 Å². The third-order valence-electron chi connectivity index (χ3n) is 4.42. The summed E-state index contributed by atoms with van der Waals surface area (Å²) in [7, 11) is 1.76. The van der Waals surface area contributed by atoms with Crippen LogP contribution in [0.4, 0.5) is 0 Å². The molecule has 3 rings (SSSR count). The van der Waals surface area contributed by atoms with Crippen molar-refractivity contribution >= 4 is 17.3 Å². The van der Waals surface area contributed by atoms with Gasteiger partial charge in [-0.05, 0) is 49.2 Å². The fourth-order valence-electron chi connectivity index (χ4n) is 2.83. The molecule has 8 heteroatoms. The number of benzene rings is 1. The lowest BCUT2D eigenvalue weighted by Gasteiger charge is -2.12. The van der Waals surface area contributed by atoms with Crippen molar-refractivity contribution in [2.75, 3.05) is 20.2 Å². The summed E-state index contributed by atoms with van der Waals surface area (Å²) in [6.07, 6.45) is 5.61. The van der Waals surface area contributed by atoms with Gasteiger partial charge in [0, 0.05) is 49.9 Å². The number of thiazole rings is 1. The lowest BCUT2D eigenvalue weighted by Crippen LogP contribution is -2.37. The zero-order valence-corrected chi connectivity index (χ0v) is 19.0. The van der Waals surface area contributed by atoms with E-state index in [9.17, 15) is 0 Å². The molecular weight excluding hydrogens is 410 g/mol. The number of aromatic nitrogens is 2. The van der Waals surface area contributed by atoms with Crippen LogP contribution in [0.25, 0.3) is 0 Å². The molecule has 31 heavy (non-hydrogen) atoms. The van der Waals surface area contributed by atoms with E-state index in [0.29, 0.717) is 24.8 Å². The second-order valence-corrected chi connectivity index (χ2v) is 7.88. The Hall–Kier alpha value is -3.13. The number of hydrogen-bond donors (Lipinski definition) is 2. The smallest absolute Gasteiger partial charge is 0.219 e. The summed E-state index contributed by atoms with van der Waals surface area (Å²) in [4.78, 5) is 14.4. The number of hydrogen-bond acceptors (Lipinski definition) is 6. The van der Waals surface area contributed by atoms with Crippen LogP contribution in [0.2, 0.25) is 0 Å². The standard InChI is InChI=1S/C23H29N5O2S/c1-4-20-16-27-22(31-20)11-13-26-23(24-3)28-15-17-10-12-25-21(14-17)30-19-8-6-18(7-9-19)29-5-2/h6-10,12,14,16H,4-5,11,13,15H2,1-3H3,(H2,24,26,28). The Kier molecular flexibility index (Phi) is 8.66. The number of rotatable bonds is 10. The molecule has 0 atom stereocenters. The Balaban J connectivity index is 1.47. The first kappa shape index (κ1) is 22.6. The largest absolute Gasteiger partial charge is 0.494 e. The van der Waals surface area contributed by atoms with Crippen molar-refractivity contribution in [3.05, 3.63) is 64.2 Å². The SMILES string of the molecule is CCOc1ccc(Oc2cc(CNC(=NC)NCCc3ncc(CC)s3)ccn2)cc1. The van der Waals surface area contributed by atoms with Gasteiger partial charge in [-0.2, -0.15) is 0 Å². The quantitative estimate of drug-likeness (QED) is 0.364. The molecule has 0 saturated carbocycles. The van der Waals surface area contributed by atoms with Crippen LogP contribution in [-0.4, -0.2) is 36.1 Å². The van der Waals surface area contributed by atoms with E-state index in [-0.39, 0.29) is 0 Å². The van der Waals surface area contributed by atoms with Crippen LogP contribution < -0.4 is 20.1 Å². The molecule has 2 N–H and O–H groups in total. The molecule has 0 bridgehead atoms. The van der Waals surface area contributed by atoms with Gasteiger partial charge in [0.25, 0.3) is 0 Å². The molecule has 2 aromatic heterocycles. The van der Waals surface area contributed by atoms with Gasteiger partial charge in [-0.25, -0.2) is 9.97 Å². The summed E-state index contributed by atoms with van der Waals surface area (Å²) in [6.45, 7) is 6.13. The van der Waals surface area contributed by atoms with Crippen LogP contribution in [0.15, 0.2) is 53.8 Å². The first-order valence-electron chi connectivity index (χ1n) is 10.4. The number of pyridine rings is 1. The predicted octanol–water partition coefficient (Wildman–Crippen LogP) is 4.20. The molecule has 0 saturated heterocycles. The van der Waals surface area contributed by atoms with Crippen LogP contribution in [-0.2, 0) is 19.4 Å². The molecule has 0 unspecified atom stereocenters. The molecule has 0 fully saturated rings. The van der Waals surface area contributed by atoms with E-state index in [0.717, 1.165) is 41.7 Å². The van der Waals surface area contributed by atoms with E-state index in [1.165, 1.54) is 4.88 Å². The number of aliphatic imine (C=N–C) groups is 1. The first-order valence-corrected chi connectivity index (χ1v) is 11.3. The van der Waals surface area contributed by atoms with Crippen LogP contribution in [0.3, 0.4) is 0 Å². The van der Waals surface area contributed by atoms with Gasteiger partial charge in [-0.3, -0.25) is 4.99 Å². The van der Waals surface area contributed by atoms with Gasteiger partial charge in [0.1, 0.15) is 11.5 Å². The summed E-state index contributed by atoms with van der Waals surface area (Å²) >= 11 is 1.77. The van der Waals surface area contributed by atoms with Gasteiger partial charge in [0.2, 0.25) is 5.88 Å². The van der Waals surface area contributed by atoms with E-state index in [2.05, 4.69) is 32.5 Å². The Bertz CT molecular complexity index is 972. The number of ether oxygens (including phenoxy) is 2. The highest BCUT2D eigenvalue weighted by Crippen LogP contribution is 2.23. The van der Waals surface area contributed by atoms with Crippen molar-refractivity contribution in [1.29, 1.82) is 0 Å². The highest BCUT2D eigenvalue weighted by molar-refractivity contribution is 7.11. The number of guanidine groups is 1. The molecule has 0 radical (unpaired) electrons. The van der Waals surface area contributed by atoms with Crippen LogP contribution in [0.1, 0.15) is 29.3 Å². The van der Waals surface area contributed by atoms with E-state index < -0.39 is 0 Å². The zero-order valence-electron chi connectivity index (χ0n) is 18.2. The molecular formula is C23H29N5O2S. The van der Waals surface area contributed by atoms with E-state index in [1.807, 2.05) is 49.5 Å². The van der Waals surface area contributed by atoms with E-state index in [4.69, 9.17) is 9.47 Å². The maximum atomic E-state index is 5.86. The van der Waals surface area contributed by atoms with Crippen molar-refractivity contribution in [1.82, 2.24) is 20.6 Å². The number of nitrogens with zero attached hydrogens (tertiary/aromatic N) is 3. The predicted molar refractivity (Wildman–Crippen MR) is 125 cm³/mol. The highest BCUT2D eigenvalue weighted by atomic mass is 32.1. The molecule has 7 nitrogen and oxygen atoms in total. The maximum Gasteiger partial charge on any atom is 0.219 e. The minimum atomic E-state index is 0.543. The van der Waals surface area contributed by atoms with Crippen molar-refractivity contribution in [2.45, 2.75) is 33.2 Å². The van der Waals surface area contributed by atoms with Gasteiger partial charge in [-0.15, -0.1) is 11.3 Å². The average Bonchev–Trinajstić information content (AvgIpc) is 3.26.